The molecule has 0 saturated heterocycles. The molecule has 0 aliphatic carbocycles. The Bertz CT molecular complexity index is 795. The Labute approximate surface area is 152 Å². The number of rotatable bonds is 6. The number of ether oxygens (including phenoxy) is 2. The third-order valence-corrected chi connectivity index (χ3v) is 4.60. The van der Waals surface area contributed by atoms with E-state index in [1.54, 1.807) is 32.4 Å². The van der Waals surface area contributed by atoms with Gasteiger partial charge in [-0.1, -0.05) is 18.2 Å². The summed E-state index contributed by atoms with van der Waals surface area (Å²) in [5, 5.41) is 2.79. The third-order valence-electron chi connectivity index (χ3n) is 4.60. The van der Waals surface area contributed by atoms with Crippen molar-refractivity contribution in [1.82, 2.24) is 10.2 Å². The minimum atomic E-state index is -0.305. The number of amides is 1. The van der Waals surface area contributed by atoms with Crippen molar-refractivity contribution in [1.29, 1.82) is 0 Å². The first-order valence-electron chi connectivity index (χ1n) is 8.57. The van der Waals surface area contributed by atoms with E-state index in [1.807, 2.05) is 12.1 Å². The molecule has 0 radical (unpaired) electrons. The Morgan fingerprint density at radius 2 is 1.85 bits per heavy atom. The number of benzene rings is 2. The van der Waals surface area contributed by atoms with Crippen molar-refractivity contribution in [3.8, 4) is 11.5 Å². The van der Waals surface area contributed by atoms with Gasteiger partial charge in [0.2, 0.25) is 5.91 Å². The maximum Gasteiger partial charge on any atom is 0.234 e. The van der Waals surface area contributed by atoms with Crippen LogP contribution in [0.15, 0.2) is 36.4 Å². The lowest BCUT2D eigenvalue weighted by atomic mass is 9.99. The van der Waals surface area contributed by atoms with E-state index in [2.05, 4.69) is 10.2 Å². The lowest BCUT2D eigenvalue weighted by molar-refractivity contribution is -0.122. The molecule has 138 valence electrons. The highest BCUT2D eigenvalue weighted by Crippen LogP contribution is 2.33. The number of halogens is 1. The molecule has 5 nitrogen and oxygen atoms in total. The molecule has 0 bridgehead atoms. The first-order chi connectivity index (χ1) is 12.6. The van der Waals surface area contributed by atoms with Crippen molar-refractivity contribution in [3.05, 3.63) is 58.9 Å². The van der Waals surface area contributed by atoms with E-state index in [-0.39, 0.29) is 24.8 Å². The second kappa shape index (κ2) is 8.19. The van der Waals surface area contributed by atoms with E-state index in [1.165, 1.54) is 11.6 Å². The molecule has 26 heavy (non-hydrogen) atoms. The number of carbonyl (C=O) groups is 1. The number of fused-ring (bicyclic) bond motifs is 1. The molecule has 1 aliphatic heterocycles. The Balaban J connectivity index is 1.58. The van der Waals surface area contributed by atoms with Gasteiger partial charge in [-0.05, 0) is 35.7 Å². The van der Waals surface area contributed by atoms with Crippen molar-refractivity contribution >= 4 is 5.91 Å². The Morgan fingerprint density at radius 3 is 2.54 bits per heavy atom. The smallest absolute Gasteiger partial charge is 0.234 e. The summed E-state index contributed by atoms with van der Waals surface area (Å²) < 4.78 is 24.3. The molecule has 0 saturated carbocycles. The molecule has 1 heterocycles. The summed E-state index contributed by atoms with van der Waals surface area (Å²) in [7, 11) is 3.24. The molecule has 6 heteroatoms. The zero-order chi connectivity index (χ0) is 18.5. The highest BCUT2D eigenvalue weighted by Gasteiger charge is 2.21. The highest BCUT2D eigenvalue weighted by molar-refractivity contribution is 5.78. The average Bonchev–Trinajstić information content (AvgIpc) is 2.66. The normalized spacial score (nSPS) is 13.8. The number of carbonyl (C=O) groups excluding carboxylic acids is 1. The molecular weight excluding hydrogens is 335 g/mol. The summed E-state index contributed by atoms with van der Waals surface area (Å²) in [6, 6.07) is 10.4. The van der Waals surface area contributed by atoms with E-state index >= 15 is 0 Å². The van der Waals surface area contributed by atoms with Gasteiger partial charge >= 0.3 is 0 Å². The molecule has 0 fully saturated rings. The predicted molar refractivity (Wildman–Crippen MR) is 96.8 cm³/mol. The maximum absolute atomic E-state index is 13.6. The molecule has 2 aromatic carbocycles. The Morgan fingerprint density at radius 1 is 1.15 bits per heavy atom. The fourth-order valence-electron chi connectivity index (χ4n) is 3.17. The largest absolute Gasteiger partial charge is 0.493 e. The third kappa shape index (κ3) is 4.14. The van der Waals surface area contributed by atoms with E-state index in [0.29, 0.717) is 17.9 Å². The lowest BCUT2D eigenvalue weighted by Crippen LogP contribution is -2.39. The van der Waals surface area contributed by atoms with E-state index < -0.39 is 0 Å². The quantitative estimate of drug-likeness (QED) is 0.862. The fraction of sp³-hybridized carbons (Fsp3) is 0.350. The van der Waals surface area contributed by atoms with Crippen LogP contribution in [0.4, 0.5) is 4.39 Å². The van der Waals surface area contributed by atoms with Crippen molar-refractivity contribution in [2.24, 2.45) is 0 Å². The van der Waals surface area contributed by atoms with Crippen LogP contribution in [-0.4, -0.2) is 38.1 Å². The zero-order valence-corrected chi connectivity index (χ0v) is 15.0. The fourth-order valence-corrected chi connectivity index (χ4v) is 3.17. The average molecular weight is 358 g/mol. The first kappa shape index (κ1) is 18.2. The molecule has 0 unspecified atom stereocenters. The summed E-state index contributed by atoms with van der Waals surface area (Å²) in [5.41, 5.74) is 2.84. The summed E-state index contributed by atoms with van der Waals surface area (Å²) in [4.78, 5) is 14.3. The molecule has 0 aromatic heterocycles. The second-order valence-corrected chi connectivity index (χ2v) is 6.30. The SMILES string of the molecule is COc1cc2c(cc1OC)CN(CC(=O)NCc1ccccc1F)CC2. The van der Waals surface area contributed by atoms with Gasteiger partial charge in [-0.25, -0.2) is 4.39 Å². The monoisotopic (exact) mass is 358 g/mol. The summed E-state index contributed by atoms with van der Waals surface area (Å²) in [6.45, 7) is 1.93. The van der Waals surface area contributed by atoms with Crippen LogP contribution in [0.25, 0.3) is 0 Å². The molecule has 1 aliphatic rings. The van der Waals surface area contributed by atoms with Gasteiger partial charge in [0.25, 0.3) is 0 Å². The Hall–Kier alpha value is -2.60. The highest BCUT2D eigenvalue weighted by atomic mass is 19.1. The molecular formula is C20H23FN2O3. The lowest BCUT2D eigenvalue weighted by Gasteiger charge is -2.29. The van der Waals surface area contributed by atoms with Crippen LogP contribution >= 0.6 is 0 Å². The summed E-state index contributed by atoms with van der Waals surface area (Å²) in [5.74, 6) is 0.998. The number of hydrogen-bond acceptors (Lipinski definition) is 4. The standard InChI is InChI=1S/C20H23FN2O3/c1-25-18-9-14-7-8-23(12-16(14)10-19(18)26-2)13-20(24)22-11-15-5-3-4-6-17(15)21/h3-6,9-10H,7-8,11-13H2,1-2H3,(H,22,24). The minimum Gasteiger partial charge on any atom is -0.493 e. The maximum atomic E-state index is 13.6. The molecule has 0 spiro atoms. The summed E-state index contributed by atoms with van der Waals surface area (Å²) >= 11 is 0. The summed E-state index contributed by atoms with van der Waals surface area (Å²) in [6.07, 6.45) is 0.844. The van der Waals surface area contributed by atoms with Gasteiger partial charge in [0.1, 0.15) is 5.82 Å². The van der Waals surface area contributed by atoms with Gasteiger partial charge in [0.05, 0.1) is 20.8 Å². The van der Waals surface area contributed by atoms with Crippen LogP contribution in [0.2, 0.25) is 0 Å². The molecule has 3 rings (SSSR count). The van der Waals surface area contributed by atoms with E-state index in [9.17, 15) is 9.18 Å². The van der Waals surface area contributed by atoms with Crippen LogP contribution in [0.1, 0.15) is 16.7 Å². The van der Waals surface area contributed by atoms with Gasteiger partial charge in [-0.15, -0.1) is 0 Å². The number of nitrogens with one attached hydrogen (secondary N) is 1. The number of methoxy groups -OCH3 is 2. The molecule has 2 aromatic rings. The van der Waals surface area contributed by atoms with Gasteiger partial charge in [0.15, 0.2) is 11.5 Å². The van der Waals surface area contributed by atoms with Crippen LogP contribution < -0.4 is 14.8 Å². The van der Waals surface area contributed by atoms with Crippen LogP contribution in [0.5, 0.6) is 11.5 Å². The van der Waals surface area contributed by atoms with Crippen molar-refractivity contribution in [3.63, 3.8) is 0 Å². The zero-order valence-electron chi connectivity index (χ0n) is 15.0. The predicted octanol–water partition coefficient (Wildman–Crippen LogP) is 2.52. The second-order valence-electron chi connectivity index (χ2n) is 6.30. The van der Waals surface area contributed by atoms with Gasteiger partial charge < -0.3 is 14.8 Å². The van der Waals surface area contributed by atoms with E-state index in [0.717, 1.165) is 24.3 Å². The Kier molecular flexibility index (Phi) is 5.73. The molecule has 1 N–H and O–H groups in total. The van der Waals surface area contributed by atoms with Gasteiger partial charge in [0, 0.05) is 25.2 Å². The van der Waals surface area contributed by atoms with E-state index in [4.69, 9.17) is 9.47 Å². The number of nitrogens with zero attached hydrogens (tertiary/aromatic N) is 1. The van der Waals surface area contributed by atoms with Crippen molar-refractivity contribution in [2.45, 2.75) is 19.5 Å². The topological polar surface area (TPSA) is 50.8 Å². The van der Waals surface area contributed by atoms with Crippen molar-refractivity contribution < 1.29 is 18.7 Å². The van der Waals surface area contributed by atoms with Gasteiger partial charge in [-0.3, -0.25) is 9.69 Å². The first-order valence-corrected chi connectivity index (χ1v) is 8.57. The molecule has 1 amide bonds. The van der Waals surface area contributed by atoms with Crippen LogP contribution in [0.3, 0.4) is 0 Å². The molecule has 0 atom stereocenters. The number of hydrogen-bond donors (Lipinski definition) is 1. The van der Waals surface area contributed by atoms with Crippen LogP contribution in [0, 0.1) is 5.82 Å². The van der Waals surface area contributed by atoms with Crippen molar-refractivity contribution in [2.75, 3.05) is 27.3 Å². The van der Waals surface area contributed by atoms with Gasteiger partial charge in [-0.2, -0.15) is 0 Å². The van der Waals surface area contributed by atoms with Crippen LogP contribution in [-0.2, 0) is 24.3 Å². The minimum absolute atomic E-state index is 0.114.